The lowest BCUT2D eigenvalue weighted by Gasteiger charge is -2.22. The molecule has 0 aliphatic rings. The molecule has 0 aliphatic carbocycles. The van der Waals surface area contributed by atoms with Gasteiger partial charge in [-0.3, -0.25) is 9.59 Å². The van der Waals surface area contributed by atoms with Gasteiger partial charge in [0.25, 0.3) is 0 Å². The Kier molecular flexibility index (Phi) is 10.1. The second-order valence-electron chi connectivity index (χ2n) is 7.06. The van der Waals surface area contributed by atoms with Crippen LogP contribution in [0.4, 0.5) is 15.3 Å². The maximum Gasteiger partial charge on any atom is 0.404 e. The maximum atomic E-state index is 12.7. The lowest BCUT2D eigenvalue weighted by Crippen LogP contribution is -2.51. The minimum Gasteiger partial charge on any atom is -0.445 e. The highest BCUT2D eigenvalue weighted by molar-refractivity contribution is 5.97. The first-order valence-electron chi connectivity index (χ1n) is 9.51. The molecule has 0 radical (unpaired) electrons. The average Bonchev–Trinajstić information content (AvgIpc) is 2.68. The summed E-state index contributed by atoms with van der Waals surface area (Å²) >= 11 is 0. The molecule has 0 aliphatic heterocycles. The summed E-state index contributed by atoms with van der Waals surface area (Å²) in [6.45, 7) is 3.89. The zero-order valence-corrected chi connectivity index (χ0v) is 17.1. The van der Waals surface area contributed by atoms with Crippen molar-refractivity contribution in [3.8, 4) is 0 Å². The number of carbonyl (C=O) groups is 4. The quantitative estimate of drug-likeness (QED) is 0.275. The smallest absolute Gasteiger partial charge is 0.404 e. The number of nitrogens with two attached hydrogens (primary N) is 3. The summed E-state index contributed by atoms with van der Waals surface area (Å²) in [5.41, 5.74) is 17.0. The van der Waals surface area contributed by atoms with Crippen LogP contribution in [-0.2, 0) is 20.9 Å². The third-order valence-electron chi connectivity index (χ3n) is 4.23. The van der Waals surface area contributed by atoms with Crippen LogP contribution in [0.25, 0.3) is 0 Å². The van der Waals surface area contributed by atoms with Gasteiger partial charge in [0.05, 0.1) is 6.04 Å². The molecule has 1 aromatic carbocycles. The highest BCUT2D eigenvalue weighted by Gasteiger charge is 2.25. The van der Waals surface area contributed by atoms with Crippen molar-refractivity contribution in [2.45, 2.75) is 45.4 Å². The number of ether oxygens (including phenoxy) is 1. The van der Waals surface area contributed by atoms with Crippen LogP contribution in [0.3, 0.4) is 0 Å². The van der Waals surface area contributed by atoms with E-state index in [1.807, 2.05) is 0 Å². The molecule has 1 aromatic rings. The fourth-order valence-corrected chi connectivity index (χ4v) is 2.43. The van der Waals surface area contributed by atoms with Crippen LogP contribution in [0.2, 0.25) is 0 Å². The number of carbonyl (C=O) groups excluding carboxylic acids is 4. The number of rotatable bonds is 11. The fourth-order valence-electron chi connectivity index (χ4n) is 2.43. The molecule has 2 atom stereocenters. The molecule has 30 heavy (non-hydrogen) atoms. The summed E-state index contributed by atoms with van der Waals surface area (Å²) in [7, 11) is 0. The molecular formula is C19H30N6O5. The van der Waals surface area contributed by atoms with Gasteiger partial charge in [-0.05, 0) is 36.5 Å². The van der Waals surface area contributed by atoms with Crippen LogP contribution >= 0.6 is 0 Å². The van der Waals surface area contributed by atoms with E-state index >= 15 is 0 Å². The molecule has 0 bridgehead atoms. The van der Waals surface area contributed by atoms with Crippen LogP contribution < -0.4 is 33.2 Å². The third-order valence-corrected chi connectivity index (χ3v) is 4.23. The Labute approximate surface area is 175 Å². The standard InChI is InChI=1S/C19H30N6O5/c1-11(2)15(20)17(27)25-14(4-3-9-23-18(21)28)16(26)24-13-7-5-12(6-8-13)10-30-19(22)29/h5-8,11,14-15H,3-4,9-10,20H2,1-2H3,(H2,22,29)(H,24,26)(H,25,27)(H3,21,23,28). The van der Waals surface area contributed by atoms with Crippen molar-refractivity contribution in [3.05, 3.63) is 29.8 Å². The molecule has 11 nitrogen and oxygen atoms in total. The van der Waals surface area contributed by atoms with Crippen molar-refractivity contribution in [2.24, 2.45) is 23.1 Å². The Morgan fingerprint density at radius 1 is 1.03 bits per heavy atom. The van der Waals surface area contributed by atoms with Gasteiger partial charge in [0.15, 0.2) is 0 Å². The first-order valence-corrected chi connectivity index (χ1v) is 9.51. The van der Waals surface area contributed by atoms with Gasteiger partial charge in [0, 0.05) is 12.2 Å². The molecule has 2 unspecified atom stereocenters. The second kappa shape index (κ2) is 12.3. The van der Waals surface area contributed by atoms with Crippen molar-refractivity contribution in [1.29, 1.82) is 0 Å². The SMILES string of the molecule is CC(C)C(N)C(=O)NC(CCCNC(N)=O)C(=O)Nc1ccc(COC(N)=O)cc1. The van der Waals surface area contributed by atoms with E-state index in [4.69, 9.17) is 21.9 Å². The van der Waals surface area contributed by atoms with E-state index in [1.165, 1.54) is 0 Å². The van der Waals surface area contributed by atoms with E-state index < -0.39 is 36.0 Å². The van der Waals surface area contributed by atoms with Gasteiger partial charge >= 0.3 is 12.1 Å². The van der Waals surface area contributed by atoms with E-state index in [0.717, 1.165) is 0 Å². The molecular weight excluding hydrogens is 392 g/mol. The Morgan fingerprint density at radius 3 is 2.20 bits per heavy atom. The Morgan fingerprint density at radius 2 is 1.67 bits per heavy atom. The number of nitrogens with one attached hydrogen (secondary N) is 3. The first kappa shape index (κ1) is 24.7. The molecule has 9 N–H and O–H groups in total. The lowest BCUT2D eigenvalue weighted by molar-refractivity contribution is -0.128. The molecule has 1 rings (SSSR count). The van der Waals surface area contributed by atoms with Crippen molar-refractivity contribution >= 4 is 29.6 Å². The van der Waals surface area contributed by atoms with Gasteiger partial charge in [-0.2, -0.15) is 0 Å². The number of anilines is 1. The van der Waals surface area contributed by atoms with Crippen molar-refractivity contribution in [3.63, 3.8) is 0 Å². The fraction of sp³-hybridized carbons (Fsp3) is 0.474. The van der Waals surface area contributed by atoms with Crippen LogP contribution in [0.1, 0.15) is 32.3 Å². The van der Waals surface area contributed by atoms with Gasteiger partial charge in [0.1, 0.15) is 12.6 Å². The van der Waals surface area contributed by atoms with Crippen LogP contribution in [-0.4, -0.2) is 42.6 Å². The molecule has 0 spiro atoms. The summed E-state index contributed by atoms with van der Waals surface area (Å²) in [6, 6.07) is 4.32. The summed E-state index contributed by atoms with van der Waals surface area (Å²) in [6.07, 6.45) is -0.189. The molecule has 0 saturated carbocycles. The van der Waals surface area contributed by atoms with Crippen LogP contribution in [0.5, 0.6) is 0 Å². The Balaban J connectivity index is 2.75. The second-order valence-corrected chi connectivity index (χ2v) is 7.06. The van der Waals surface area contributed by atoms with Gasteiger partial charge in [-0.15, -0.1) is 0 Å². The summed E-state index contributed by atoms with van der Waals surface area (Å²) < 4.78 is 4.70. The Bertz CT molecular complexity index is 737. The average molecular weight is 422 g/mol. The molecule has 0 fully saturated rings. The van der Waals surface area contributed by atoms with Crippen molar-refractivity contribution in [1.82, 2.24) is 10.6 Å². The number of benzene rings is 1. The maximum absolute atomic E-state index is 12.7. The highest BCUT2D eigenvalue weighted by atomic mass is 16.5. The molecule has 0 saturated heterocycles. The van der Waals surface area contributed by atoms with Gasteiger partial charge in [-0.25, -0.2) is 9.59 Å². The number of hydrogen-bond acceptors (Lipinski definition) is 6. The predicted octanol–water partition coefficient (Wildman–Crippen LogP) is 0.137. The van der Waals surface area contributed by atoms with Crippen molar-refractivity contribution in [2.75, 3.05) is 11.9 Å². The van der Waals surface area contributed by atoms with Gasteiger partial charge in [-0.1, -0.05) is 26.0 Å². The zero-order chi connectivity index (χ0) is 22.7. The van der Waals surface area contributed by atoms with E-state index in [1.54, 1.807) is 38.1 Å². The minimum atomic E-state index is -0.878. The van der Waals surface area contributed by atoms with Gasteiger partial charge in [0.2, 0.25) is 11.8 Å². The van der Waals surface area contributed by atoms with E-state index in [-0.39, 0.29) is 25.5 Å². The molecule has 166 valence electrons. The van der Waals surface area contributed by atoms with E-state index in [2.05, 4.69) is 16.0 Å². The van der Waals surface area contributed by atoms with E-state index in [0.29, 0.717) is 17.7 Å². The molecule has 11 heteroatoms. The lowest BCUT2D eigenvalue weighted by atomic mass is 10.0. The number of primary amides is 2. The van der Waals surface area contributed by atoms with E-state index in [9.17, 15) is 19.2 Å². The highest BCUT2D eigenvalue weighted by Crippen LogP contribution is 2.12. The monoisotopic (exact) mass is 422 g/mol. The number of urea groups is 1. The summed E-state index contributed by atoms with van der Waals surface area (Å²) in [5.74, 6) is -0.966. The first-order chi connectivity index (χ1) is 14.1. The summed E-state index contributed by atoms with van der Waals surface area (Å²) in [4.78, 5) is 46.4. The van der Waals surface area contributed by atoms with Crippen molar-refractivity contribution < 1.29 is 23.9 Å². The zero-order valence-electron chi connectivity index (χ0n) is 17.1. The summed E-state index contributed by atoms with van der Waals surface area (Å²) in [5, 5.41) is 7.81. The Hall–Kier alpha value is -3.34. The van der Waals surface area contributed by atoms with Gasteiger partial charge < -0.3 is 37.9 Å². The molecule has 0 aromatic heterocycles. The number of amides is 5. The van der Waals surface area contributed by atoms with Crippen LogP contribution in [0.15, 0.2) is 24.3 Å². The van der Waals surface area contributed by atoms with Crippen LogP contribution in [0, 0.1) is 5.92 Å². The predicted molar refractivity (Wildman–Crippen MR) is 111 cm³/mol. The number of hydrogen-bond donors (Lipinski definition) is 6. The minimum absolute atomic E-state index is 0.0161. The third kappa shape index (κ3) is 9.24. The molecule has 0 heterocycles. The largest absolute Gasteiger partial charge is 0.445 e. The normalized spacial score (nSPS) is 12.5. The topological polar surface area (TPSA) is 192 Å². The molecule has 5 amide bonds.